The van der Waals surface area contributed by atoms with Crippen molar-refractivity contribution in [3.05, 3.63) is 35.4 Å². The summed E-state index contributed by atoms with van der Waals surface area (Å²) in [4.78, 5) is 0. The summed E-state index contributed by atoms with van der Waals surface area (Å²) in [5.41, 5.74) is 2.86. The van der Waals surface area contributed by atoms with E-state index in [4.69, 9.17) is 0 Å². The third kappa shape index (κ3) is 1.19. The molecular weight excluding hydrogens is 172 g/mol. The topological polar surface area (TPSA) is 20.2 Å². The summed E-state index contributed by atoms with van der Waals surface area (Å²) in [6, 6.07) is 8.56. The number of hydrogen-bond acceptors (Lipinski definition) is 1. The molecule has 2 rings (SSSR count). The number of aliphatic hydroxyl groups excluding tert-OH is 1. The van der Waals surface area contributed by atoms with E-state index in [1.54, 1.807) is 0 Å². The van der Waals surface area contributed by atoms with Crippen molar-refractivity contribution in [1.82, 2.24) is 0 Å². The predicted molar refractivity (Wildman–Crippen MR) is 58.3 cm³/mol. The zero-order chi connectivity index (χ0) is 10.4. The van der Waals surface area contributed by atoms with Crippen LogP contribution in [0.25, 0.3) is 0 Å². The molecular formula is C13H18O. The maximum atomic E-state index is 9.51. The first-order valence-electron chi connectivity index (χ1n) is 5.20. The molecule has 1 aromatic carbocycles. The molecule has 0 amide bonds. The van der Waals surface area contributed by atoms with Gasteiger partial charge in [-0.2, -0.15) is 0 Å². The average Bonchev–Trinajstić information content (AvgIpc) is 2.71. The molecule has 76 valence electrons. The number of hydrogen-bond donors (Lipinski definition) is 1. The van der Waals surface area contributed by atoms with Crippen LogP contribution >= 0.6 is 0 Å². The number of aryl methyl sites for hydroxylation is 1. The van der Waals surface area contributed by atoms with Gasteiger partial charge in [0.05, 0.1) is 6.61 Å². The van der Waals surface area contributed by atoms with Crippen molar-refractivity contribution in [3.8, 4) is 0 Å². The zero-order valence-electron chi connectivity index (χ0n) is 9.17. The quantitative estimate of drug-likeness (QED) is 0.760. The molecule has 1 unspecified atom stereocenters. The fourth-order valence-electron chi connectivity index (χ4n) is 2.44. The van der Waals surface area contributed by atoms with Crippen LogP contribution < -0.4 is 0 Å². The smallest absolute Gasteiger partial charge is 0.0533 e. The number of benzene rings is 1. The lowest BCUT2D eigenvalue weighted by molar-refractivity contribution is 0.231. The van der Waals surface area contributed by atoms with Gasteiger partial charge in [-0.1, -0.05) is 43.7 Å². The third-order valence-electron chi connectivity index (χ3n) is 3.79. The van der Waals surface area contributed by atoms with E-state index in [0.717, 1.165) is 6.42 Å². The van der Waals surface area contributed by atoms with Crippen molar-refractivity contribution < 1.29 is 5.11 Å². The number of aliphatic hydroxyl groups is 1. The molecule has 0 aromatic heterocycles. The molecule has 0 heterocycles. The molecule has 1 atom stereocenters. The van der Waals surface area contributed by atoms with Crippen molar-refractivity contribution >= 4 is 0 Å². The molecule has 0 saturated heterocycles. The largest absolute Gasteiger partial charge is 0.395 e. The van der Waals surface area contributed by atoms with E-state index >= 15 is 0 Å². The summed E-state index contributed by atoms with van der Waals surface area (Å²) in [5.74, 6) is 0. The van der Waals surface area contributed by atoms with E-state index < -0.39 is 0 Å². The monoisotopic (exact) mass is 190 g/mol. The van der Waals surface area contributed by atoms with E-state index in [2.05, 4.69) is 45.0 Å². The Bertz CT molecular complexity index is 337. The molecule has 1 nitrogen and oxygen atoms in total. The first-order chi connectivity index (χ1) is 6.52. The molecule has 1 heteroatoms. The summed E-state index contributed by atoms with van der Waals surface area (Å²) in [5, 5.41) is 9.51. The lowest BCUT2D eigenvalue weighted by atomic mass is 9.88. The highest BCUT2D eigenvalue weighted by atomic mass is 16.3. The minimum absolute atomic E-state index is 0.0285. The van der Waals surface area contributed by atoms with E-state index in [9.17, 15) is 5.11 Å². The summed E-state index contributed by atoms with van der Waals surface area (Å²) in [6.45, 7) is 6.81. The van der Waals surface area contributed by atoms with Gasteiger partial charge in [0.2, 0.25) is 0 Å². The standard InChI is InChI=1S/C13H18O/c1-10-4-6-11(7-5-10)13(9-14)8-12(13,2)3/h4-7,14H,8-9H2,1-3H3. The molecule has 0 radical (unpaired) electrons. The van der Waals surface area contributed by atoms with Crippen LogP contribution in [0.15, 0.2) is 24.3 Å². The van der Waals surface area contributed by atoms with Gasteiger partial charge >= 0.3 is 0 Å². The molecule has 1 N–H and O–H groups in total. The van der Waals surface area contributed by atoms with Crippen LogP contribution in [0.1, 0.15) is 31.4 Å². The Kier molecular flexibility index (Phi) is 1.97. The van der Waals surface area contributed by atoms with Crippen molar-refractivity contribution in [1.29, 1.82) is 0 Å². The minimum Gasteiger partial charge on any atom is -0.395 e. The first-order valence-corrected chi connectivity index (χ1v) is 5.20. The van der Waals surface area contributed by atoms with Crippen molar-refractivity contribution in [2.24, 2.45) is 5.41 Å². The van der Waals surface area contributed by atoms with Crippen LogP contribution in [-0.4, -0.2) is 11.7 Å². The second-order valence-electron chi connectivity index (χ2n) is 5.17. The lowest BCUT2D eigenvalue weighted by Crippen LogP contribution is -2.19. The molecule has 1 fully saturated rings. The molecule has 0 aliphatic heterocycles. The van der Waals surface area contributed by atoms with E-state index in [-0.39, 0.29) is 17.4 Å². The van der Waals surface area contributed by atoms with Gasteiger partial charge in [0.1, 0.15) is 0 Å². The Morgan fingerprint density at radius 3 is 2.07 bits per heavy atom. The normalized spacial score (nSPS) is 28.9. The Morgan fingerprint density at radius 2 is 1.71 bits per heavy atom. The molecule has 14 heavy (non-hydrogen) atoms. The van der Waals surface area contributed by atoms with Gasteiger partial charge in [-0.25, -0.2) is 0 Å². The fourth-order valence-corrected chi connectivity index (χ4v) is 2.44. The minimum atomic E-state index is 0.0285. The molecule has 1 aromatic rings. The van der Waals surface area contributed by atoms with E-state index in [1.165, 1.54) is 11.1 Å². The SMILES string of the molecule is Cc1ccc(C2(CO)CC2(C)C)cc1. The van der Waals surface area contributed by atoms with Crippen LogP contribution in [0, 0.1) is 12.3 Å². The van der Waals surface area contributed by atoms with Crippen molar-refractivity contribution in [3.63, 3.8) is 0 Å². The Hall–Kier alpha value is -0.820. The van der Waals surface area contributed by atoms with Gasteiger partial charge in [0.25, 0.3) is 0 Å². The van der Waals surface area contributed by atoms with Crippen LogP contribution in [0.3, 0.4) is 0 Å². The molecule has 1 aliphatic rings. The highest BCUT2D eigenvalue weighted by Gasteiger charge is 2.61. The van der Waals surface area contributed by atoms with Crippen molar-refractivity contribution in [2.45, 2.75) is 32.6 Å². The summed E-state index contributed by atoms with van der Waals surface area (Å²) < 4.78 is 0. The zero-order valence-corrected chi connectivity index (χ0v) is 9.17. The molecule has 0 spiro atoms. The lowest BCUT2D eigenvalue weighted by Gasteiger charge is -2.18. The second kappa shape index (κ2) is 2.83. The molecule has 1 saturated carbocycles. The van der Waals surface area contributed by atoms with Gasteiger partial charge in [0.15, 0.2) is 0 Å². The summed E-state index contributed by atoms with van der Waals surface area (Å²) in [6.07, 6.45) is 1.10. The van der Waals surface area contributed by atoms with Crippen LogP contribution in [0.4, 0.5) is 0 Å². The van der Waals surface area contributed by atoms with Crippen LogP contribution in [0.5, 0.6) is 0 Å². The number of rotatable bonds is 2. The second-order valence-corrected chi connectivity index (χ2v) is 5.17. The fraction of sp³-hybridized carbons (Fsp3) is 0.538. The van der Waals surface area contributed by atoms with E-state index in [0.29, 0.717) is 0 Å². The van der Waals surface area contributed by atoms with Crippen LogP contribution in [-0.2, 0) is 5.41 Å². The first kappa shape index (κ1) is 9.72. The van der Waals surface area contributed by atoms with Gasteiger partial charge in [-0.3, -0.25) is 0 Å². The molecule has 0 bridgehead atoms. The highest BCUT2D eigenvalue weighted by molar-refractivity contribution is 5.38. The van der Waals surface area contributed by atoms with Gasteiger partial charge in [-0.05, 0) is 24.3 Å². The highest BCUT2D eigenvalue weighted by Crippen LogP contribution is 2.63. The van der Waals surface area contributed by atoms with Crippen molar-refractivity contribution in [2.75, 3.05) is 6.61 Å². The van der Waals surface area contributed by atoms with Gasteiger partial charge in [0, 0.05) is 5.41 Å². The third-order valence-corrected chi connectivity index (χ3v) is 3.79. The molecule has 1 aliphatic carbocycles. The van der Waals surface area contributed by atoms with Gasteiger partial charge in [-0.15, -0.1) is 0 Å². The Morgan fingerprint density at radius 1 is 1.21 bits per heavy atom. The maximum absolute atomic E-state index is 9.51. The predicted octanol–water partition coefficient (Wildman–Crippen LogP) is 2.66. The summed E-state index contributed by atoms with van der Waals surface area (Å²) >= 11 is 0. The van der Waals surface area contributed by atoms with Crippen LogP contribution in [0.2, 0.25) is 0 Å². The van der Waals surface area contributed by atoms with Gasteiger partial charge < -0.3 is 5.11 Å². The maximum Gasteiger partial charge on any atom is 0.0533 e. The Labute approximate surface area is 85.8 Å². The average molecular weight is 190 g/mol. The van der Waals surface area contributed by atoms with E-state index in [1.807, 2.05) is 0 Å². The Balaban J connectivity index is 2.36. The summed E-state index contributed by atoms with van der Waals surface area (Å²) in [7, 11) is 0.